The third-order valence-corrected chi connectivity index (χ3v) is 6.61. The standard InChI is InChI=1S/C18H22FNO3S/c19-15-8-5-14(6-9-15)7-10-18(21)20(16-3-1-2-4-16)17-11-12-24(22,23)13-17/h5-10,16-17H,1-4,11-13H2/b10-7+. The third-order valence-electron chi connectivity index (χ3n) is 4.86. The van der Waals surface area contributed by atoms with Crippen LogP contribution in [0.3, 0.4) is 0 Å². The zero-order valence-electron chi connectivity index (χ0n) is 13.5. The van der Waals surface area contributed by atoms with Crippen molar-refractivity contribution in [2.45, 2.75) is 44.2 Å². The number of carbonyl (C=O) groups is 1. The first kappa shape index (κ1) is 17.1. The number of amides is 1. The number of carbonyl (C=O) groups excluding carboxylic acids is 1. The maximum absolute atomic E-state index is 12.9. The van der Waals surface area contributed by atoms with Gasteiger partial charge in [-0.15, -0.1) is 0 Å². The van der Waals surface area contributed by atoms with Gasteiger partial charge in [0.1, 0.15) is 5.82 Å². The van der Waals surface area contributed by atoms with Gasteiger partial charge in [0.15, 0.2) is 9.84 Å². The van der Waals surface area contributed by atoms with E-state index < -0.39 is 9.84 Å². The zero-order chi connectivity index (χ0) is 17.2. The molecule has 4 nitrogen and oxygen atoms in total. The van der Waals surface area contributed by atoms with Crippen molar-refractivity contribution >= 4 is 21.8 Å². The third kappa shape index (κ3) is 4.04. The lowest BCUT2D eigenvalue weighted by Gasteiger charge is -2.33. The van der Waals surface area contributed by atoms with E-state index in [1.807, 2.05) is 0 Å². The summed E-state index contributed by atoms with van der Waals surface area (Å²) >= 11 is 0. The fraction of sp³-hybridized carbons (Fsp3) is 0.500. The fourth-order valence-electron chi connectivity index (χ4n) is 3.66. The lowest BCUT2D eigenvalue weighted by atomic mass is 10.1. The highest BCUT2D eigenvalue weighted by molar-refractivity contribution is 7.91. The Kier molecular flexibility index (Phi) is 5.04. The van der Waals surface area contributed by atoms with Gasteiger partial charge in [0.2, 0.25) is 5.91 Å². The van der Waals surface area contributed by atoms with Gasteiger partial charge in [-0.3, -0.25) is 4.79 Å². The van der Waals surface area contributed by atoms with Crippen LogP contribution in [0.1, 0.15) is 37.7 Å². The van der Waals surface area contributed by atoms with Crippen LogP contribution in [0.25, 0.3) is 6.08 Å². The molecule has 24 heavy (non-hydrogen) atoms. The van der Waals surface area contributed by atoms with Crippen LogP contribution in [0.4, 0.5) is 4.39 Å². The molecule has 0 bridgehead atoms. The molecule has 2 aliphatic rings. The van der Waals surface area contributed by atoms with Crippen LogP contribution in [0.2, 0.25) is 0 Å². The average Bonchev–Trinajstić information content (AvgIpc) is 3.17. The smallest absolute Gasteiger partial charge is 0.247 e. The molecule has 130 valence electrons. The predicted octanol–water partition coefficient (Wildman–Crippen LogP) is 2.80. The van der Waals surface area contributed by atoms with E-state index >= 15 is 0 Å². The molecule has 1 heterocycles. The summed E-state index contributed by atoms with van der Waals surface area (Å²) in [7, 11) is -3.04. The van der Waals surface area contributed by atoms with Gasteiger partial charge in [0.05, 0.1) is 11.5 Å². The largest absolute Gasteiger partial charge is 0.332 e. The summed E-state index contributed by atoms with van der Waals surface area (Å²) in [5.41, 5.74) is 0.746. The lowest BCUT2D eigenvalue weighted by Crippen LogP contribution is -2.46. The van der Waals surface area contributed by atoms with Crippen molar-refractivity contribution in [3.05, 3.63) is 41.7 Å². The van der Waals surface area contributed by atoms with Crippen molar-refractivity contribution in [3.8, 4) is 0 Å². The molecule has 0 aromatic heterocycles. The number of hydrogen-bond acceptors (Lipinski definition) is 3. The van der Waals surface area contributed by atoms with E-state index in [0.29, 0.717) is 6.42 Å². The molecular weight excluding hydrogens is 329 g/mol. The molecule has 1 saturated carbocycles. The molecule has 1 atom stereocenters. The Morgan fingerprint density at radius 3 is 2.33 bits per heavy atom. The molecular formula is C18H22FNO3S. The van der Waals surface area contributed by atoms with Crippen molar-refractivity contribution in [3.63, 3.8) is 0 Å². The summed E-state index contributed by atoms with van der Waals surface area (Å²) in [4.78, 5) is 14.5. The molecule has 1 unspecified atom stereocenters. The van der Waals surface area contributed by atoms with Gasteiger partial charge in [-0.1, -0.05) is 25.0 Å². The second-order valence-electron chi connectivity index (χ2n) is 6.63. The highest BCUT2D eigenvalue weighted by Crippen LogP contribution is 2.29. The van der Waals surface area contributed by atoms with Crippen molar-refractivity contribution in [1.82, 2.24) is 4.90 Å². The number of rotatable bonds is 4. The van der Waals surface area contributed by atoms with E-state index in [0.717, 1.165) is 31.2 Å². The maximum Gasteiger partial charge on any atom is 0.247 e. The van der Waals surface area contributed by atoms with Gasteiger partial charge >= 0.3 is 0 Å². The molecule has 1 amide bonds. The Hall–Kier alpha value is -1.69. The molecule has 2 fully saturated rings. The molecule has 1 saturated heterocycles. The Morgan fingerprint density at radius 1 is 1.08 bits per heavy atom. The molecule has 0 spiro atoms. The van der Waals surface area contributed by atoms with Gasteiger partial charge in [-0.25, -0.2) is 12.8 Å². The minimum Gasteiger partial charge on any atom is -0.332 e. The zero-order valence-corrected chi connectivity index (χ0v) is 14.3. The van der Waals surface area contributed by atoms with Crippen molar-refractivity contribution in [1.29, 1.82) is 0 Å². The number of benzene rings is 1. The number of sulfone groups is 1. The van der Waals surface area contributed by atoms with Crippen LogP contribution in [-0.2, 0) is 14.6 Å². The van der Waals surface area contributed by atoms with Gasteiger partial charge in [-0.05, 0) is 43.0 Å². The molecule has 1 aliphatic carbocycles. The number of nitrogens with zero attached hydrogens (tertiary/aromatic N) is 1. The van der Waals surface area contributed by atoms with E-state index in [4.69, 9.17) is 0 Å². The summed E-state index contributed by atoms with van der Waals surface area (Å²) in [5.74, 6) is -0.231. The van der Waals surface area contributed by atoms with Crippen molar-refractivity contribution in [2.75, 3.05) is 11.5 Å². The Bertz CT molecular complexity index is 721. The summed E-state index contributed by atoms with van der Waals surface area (Å²) in [6.45, 7) is 0. The van der Waals surface area contributed by atoms with E-state index in [-0.39, 0.29) is 35.3 Å². The normalized spacial score (nSPS) is 23.8. The van der Waals surface area contributed by atoms with E-state index in [1.54, 1.807) is 23.1 Å². The highest BCUT2D eigenvalue weighted by atomic mass is 32.2. The molecule has 3 rings (SSSR count). The summed E-state index contributed by atoms with van der Waals surface area (Å²) in [6, 6.07) is 5.83. The Balaban J connectivity index is 1.77. The molecule has 1 aromatic rings. The number of halogens is 1. The van der Waals surface area contributed by atoms with Crippen LogP contribution in [0.5, 0.6) is 0 Å². The highest BCUT2D eigenvalue weighted by Gasteiger charge is 2.38. The van der Waals surface area contributed by atoms with E-state index in [2.05, 4.69) is 0 Å². The summed E-state index contributed by atoms with van der Waals surface area (Å²) in [6.07, 6.45) is 7.70. The molecule has 0 N–H and O–H groups in total. The quantitative estimate of drug-likeness (QED) is 0.784. The average molecular weight is 351 g/mol. The first-order chi connectivity index (χ1) is 11.4. The first-order valence-corrected chi connectivity index (χ1v) is 10.2. The molecule has 6 heteroatoms. The minimum absolute atomic E-state index is 0.0691. The van der Waals surface area contributed by atoms with Gasteiger partial charge in [-0.2, -0.15) is 0 Å². The van der Waals surface area contributed by atoms with Crippen LogP contribution in [0.15, 0.2) is 30.3 Å². The van der Waals surface area contributed by atoms with Crippen molar-refractivity contribution < 1.29 is 17.6 Å². The van der Waals surface area contributed by atoms with Crippen LogP contribution in [0, 0.1) is 5.82 Å². The maximum atomic E-state index is 12.9. The van der Waals surface area contributed by atoms with Gasteiger partial charge in [0.25, 0.3) is 0 Å². The van der Waals surface area contributed by atoms with Crippen molar-refractivity contribution in [2.24, 2.45) is 0 Å². The molecule has 1 aromatic carbocycles. The van der Waals surface area contributed by atoms with Crippen LogP contribution < -0.4 is 0 Å². The lowest BCUT2D eigenvalue weighted by molar-refractivity contribution is -0.130. The minimum atomic E-state index is -3.04. The Labute approximate surface area is 142 Å². The monoisotopic (exact) mass is 351 g/mol. The van der Waals surface area contributed by atoms with Gasteiger partial charge in [0, 0.05) is 18.2 Å². The molecule has 1 aliphatic heterocycles. The van der Waals surface area contributed by atoms with E-state index in [9.17, 15) is 17.6 Å². The molecule has 0 radical (unpaired) electrons. The fourth-order valence-corrected chi connectivity index (χ4v) is 5.37. The summed E-state index contributed by atoms with van der Waals surface area (Å²) in [5, 5.41) is 0. The second kappa shape index (κ2) is 7.05. The number of hydrogen-bond donors (Lipinski definition) is 0. The SMILES string of the molecule is O=C(/C=C/c1ccc(F)cc1)N(C1CCCC1)C1CCS(=O)(=O)C1. The summed E-state index contributed by atoms with van der Waals surface area (Å²) < 4.78 is 36.5. The Morgan fingerprint density at radius 2 is 1.75 bits per heavy atom. The second-order valence-corrected chi connectivity index (χ2v) is 8.85. The van der Waals surface area contributed by atoms with Crippen LogP contribution >= 0.6 is 0 Å². The van der Waals surface area contributed by atoms with E-state index in [1.165, 1.54) is 18.2 Å². The van der Waals surface area contributed by atoms with Gasteiger partial charge < -0.3 is 4.90 Å². The first-order valence-electron chi connectivity index (χ1n) is 8.41. The van der Waals surface area contributed by atoms with Crippen LogP contribution in [-0.4, -0.2) is 42.8 Å². The predicted molar refractivity (Wildman–Crippen MR) is 91.6 cm³/mol. The topological polar surface area (TPSA) is 54.5 Å².